The van der Waals surface area contributed by atoms with Gasteiger partial charge in [0.1, 0.15) is 18.1 Å². The van der Waals surface area contributed by atoms with E-state index in [1.807, 2.05) is 6.08 Å². The smallest absolute Gasteiger partial charge is 0.312 e. The Bertz CT molecular complexity index is 856. The van der Waals surface area contributed by atoms with E-state index >= 15 is 0 Å². The van der Waals surface area contributed by atoms with Crippen LogP contribution in [0.3, 0.4) is 0 Å². The minimum atomic E-state index is -3.57. The number of aliphatic hydroxyl groups excluding tert-OH is 2. The number of carbonyl (C=O) groups is 1. The van der Waals surface area contributed by atoms with E-state index in [-0.39, 0.29) is 11.3 Å². The van der Waals surface area contributed by atoms with Crippen molar-refractivity contribution in [3.63, 3.8) is 0 Å². The summed E-state index contributed by atoms with van der Waals surface area (Å²) in [6, 6.07) is 0. The molecule has 5 nitrogen and oxygen atoms in total. The highest BCUT2D eigenvalue weighted by Gasteiger charge is 2.52. The van der Waals surface area contributed by atoms with Crippen molar-refractivity contribution in [2.75, 3.05) is 0 Å². The maximum atomic E-state index is 14.1. The number of aliphatic hydroxyl groups is 3. The molecule has 3 rings (SSSR count). The van der Waals surface area contributed by atoms with Crippen molar-refractivity contribution in [2.24, 2.45) is 17.3 Å². The van der Waals surface area contributed by atoms with Gasteiger partial charge in [-0.2, -0.15) is 0 Å². The highest BCUT2D eigenvalue weighted by atomic mass is 19.3. The molecule has 7 heteroatoms. The van der Waals surface area contributed by atoms with Gasteiger partial charge >= 0.3 is 5.97 Å². The van der Waals surface area contributed by atoms with Crippen molar-refractivity contribution >= 4 is 5.97 Å². The Labute approximate surface area is 201 Å². The molecule has 3 aliphatic rings. The summed E-state index contributed by atoms with van der Waals surface area (Å²) in [6.45, 7) is 9.95. The molecule has 34 heavy (non-hydrogen) atoms. The third-order valence-electron chi connectivity index (χ3n) is 8.45. The Morgan fingerprint density at radius 2 is 1.97 bits per heavy atom. The van der Waals surface area contributed by atoms with Crippen LogP contribution < -0.4 is 0 Å². The monoisotopic (exact) mass is 482 g/mol. The van der Waals surface area contributed by atoms with Crippen LogP contribution in [0.25, 0.3) is 0 Å². The SMILES string of the molecule is C=C1/C(=C\C=C2/CCC[C@]3(C)[C@@H]([C@H](C)OC(=O)CC(F)(F)C(C)(C)O)CC[C@@H]23)C[C@@H](O)C[C@@H]1O. The summed E-state index contributed by atoms with van der Waals surface area (Å²) in [4.78, 5) is 12.3. The van der Waals surface area contributed by atoms with Gasteiger partial charge in [-0.1, -0.05) is 31.2 Å². The maximum Gasteiger partial charge on any atom is 0.312 e. The van der Waals surface area contributed by atoms with Gasteiger partial charge in [0.2, 0.25) is 0 Å². The second-order valence-electron chi connectivity index (χ2n) is 11.3. The van der Waals surface area contributed by atoms with Gasteiger partial charge in [-0.05, 0) is 81.8 Å². The highest BCUT2D eigenvalue weighted by molar-refractivity contribution is 5.71. The third-order valence-corrected chi connectivity index (χ3v) is 8.45. The zero-order valence-electron chi connectivity index (χ0n) is 20.8. The van der Waals surface area contributed by atoms with E-state index in [2.05, 4.69) is 19.6 Å². The van der Waals surface area contributed by atoms with Crippen LogP contribution in [0, 0.1) is 17.3 Å². The van der Waals surface area contributed by atoms with Crippen molar-refractivity contribution in [2.45, 2.75) is 109 Å². The molecule has 0 unspecified atom stereocenters. The minimum Gasteiger partial charge on any atom is -0.462 e. The average Bonchev–Trinajstić information content (AvgIpc) is 3.05. The lowest BCUT2D eigenvalue weighted by molar-refractivity contribution is -0.188. The van der Waals surface area contributed by atoms with Gasteiger partial charge in [-0.15, -0.1) is 0 Å². The van der Waals surface area contributed by atoms with Crippen LogP contribution in [-0.2, 0) is 9.53 Å². The first-order valence-electron chi connectivity index (χ1n) is 12.4. The summed E-state index contributed by atoms with van der Waals surface area (Å²) >= 11 is 0. The molecule has 192 valence electrons. The summed E-state index contributed by atoms with van der Waals surface area (Å²) in [6.07, 6.45) is 6.64. The Morgan fingerprint density at radius 1 is 1.29 bits per heavy atom. The van der Waals surface area contributed by atoms with Crippen LogP contribution in [0.2, 0.25) is 0 Å². The van der Waals surface area contributed by atoms with Crippen LogP contribution in [0.1, 0.15) is 79.1 Å². The van der Waals surface area contributed by atoms with E-state index in [9.17, 15) is 28.9 Å². The molecule has 6 atom stereocenters. The lowest BCUT2D eigenvalue weighted by Gasteiger charge is -2.44. The lowest BCUT2D eigenvalue weighted by atomic mass is 9.62. The number of fused-ring (bicyclic) bond motifs is 1. The van der Waals surface area contributed by atoms with E-state index in [1.54, 1.807) is 6.92 Å². The normalized spacial score (nSPS) is 36.0. The van der Waals surface area contributed by atoms with Crippen molar-refractivity contribution < 1.29 is 33.6 Å². The van der Waals surface area contributed by atoms with Gasteiger partial charge in [0, 0.05) is 12.3 Å². The molecule has 0 aliphatic heterocycles. The molecule has 0 aromatic carbocycles. The molecule has 0 saturated heterocycles. The first-order valence-corrected chi connectivity index (χ1v) is 12.4. The largest absolute Gasteiger partial charge is 0.462 e. The molecule has 0 spiro atoms. The predicted molar refractivity (Wildman–Crippen MR) is 126 cm³/mol. The fourth-order valence-electron chi connectivity index (χ4n) is 6.24. The van der Waals surface area contributed by atoms with Gasteiger partial charge in [0.15, 0.2) is 0 Å². The number of ether oxygens (including phenoxy) is 1. The van der Waals surface area contributed by atoms with Crippen LogP contribution in [0.4, 0.5) is 8.78 Å². The number of halogens is 2. The topological polar surface area (TPSA) is 87.0 Å². The van der Waals surface area contributed by atoms with Gasteiger partial charge in [-0.3, -0.25) is 4.79 Å². The zero-order chi connectivity index (χ0) is 25.5. The number of rotatable bonds is 6. The Balaban J connectivity index is 1.71. The molecule has 3 N–H and O–H groups in total. The van der Waals surface area contributed by atoms with Crippen molar-refractivity contribution in [1.82, 2.24) is 0 Å². The number of alkyl halides is 2. The highest BCUT2D eigenvalue weighted by Crippen LogP contribution is 2.58. The van der Waals surface area contributed by atoms with E-state index in [1.165, 1.54) is 5.57 Å². The summed E-state index contributed by atoms with van der Waals surface area (Å²) in [5.41, 5.74) is 0.429. The van der Waals surface area contributed by atoms with Crippen LogP contribution in [-0.4, -0.2) is 51.1 Å². The molecular weight excluding hydrogens is 442 g/mol. The Morgan fingerprint density at radius 3 is 2.62 bits per heavy atom. The third kappa shape index (κ3) is 5.47. The van der Waals surface area contributed by atoms with Gasteiger partial charge in [-0.25, -0.2) is 8.78 Å². The lowest BCUT2D eigenvalue weighted by Crippen LogP contribution is -2.45. The fourth-order valence-corrected chi connectivity index (χ4v) is 6.24. The van der Waals surface area contributed by atoms with Crippen LogP contribution >= 0.6 is 0 Å². The first kappa shape index (κ1) is 27.0. The molecule has 3 saturated carbocycles. The molecule has 0 radical (unpaired) electrons. The molecular formula is C27H40F2O5. The summed E-state index contributed by atoms with van der Waals surface area (Å²) in [5.74, 6) is -4.20. The quantitative estimate of drug-likeness (QED) is 0.471. The Hall–Kier alpha value is -1.57. The number of allylic oxidation sites excluding steroid dienone is 3. The molecule has 0 aromatic rings. The van der Waals surface area contributed by atoms with E-state index < -0.39 is 42.2 Å². The van der Waals surface area contributed by atoms with E-state index in [0.29, 0.717) is 24.3 Å². The van der Waals surface area contributed by atoms with Gasteiger partial charge < -0.3 is 20.1 Å². The second kappa shape index (κ2) is 9.82. The first-order chi connectivity index (χ1) is 15.7. The second-order valence-corrected chi connectivity index (χ2v) is 11.3. The number of esters is 1. The van der Waals surface area contributed by atoms with Crippen LogP contribution in [0.15, 0.2) is 35.5 Å². The predicted octanol–water partition coefficient (Wildman–Crippen LogP) is 4.86. The molecule has 0 amide bonds. The van der Waals surface area contributed by atoms with Crippen LogP contribution in [0.5, 0.6) is 0 Å². The standard InChI is InChI=1S/C27H40F2O5/c1-16-19(13-20(30)14-23(16)31)9-8-18-7-6-12-26(5)21(10-11-22(18)26)17(2)34-24(32)15-27(28,29)25(3,4)33/h8-9,17,20-23,30-31,33H,1,6-7,10-15H2,2-5H3/b18-8+,19-9-/t17-,20+,21+,22-,23-,26+/m0/s1. The maximum absolute atomic E-state index is 14.1. The summed E-state index contributed by atoms with van der Waals surface area (Å²) in [7, 11) is 0. The number of hydrogen-bond donors (Lipinski definition) is 3. The number of hydrogen-bond acceptors (Lipinski definition) is 5. The molecule has 0 aromatic heterocycles. The van der Waals surface area contributed by atoms with Crippen molar-refractivity contribution in [3.05, 3.63) is 35.5 Å². The minimum absolute atomic E-state index is 0.0573. The number of carbonyl (C=O) groups excluding carboxylic acids is 1. The summed E-state index contributed by atoms with van der Waals surface area (Å²) < 4.78 is 33.7. The molecule has 0 bridgehead atoms. The molecule has 0 heterocycles. The molecule has 3 aliphatic carbocycles. The van der Waals surface area contributed by atoms with Crippen molar-refractivity contribution in [3.8, 4) is 0 Å². The van der Waals surface area contributed by atoms with Gasteiger partial charge in [0.05, 0.1) is 12.2 Å². The van der Waals surface area contributed by atoms with E-state index in [0.717, 1.165) is 51.5 Å². The van der Waals surface area contributed by atoms with Gasteiger partial charge in [0.25, 0.3) is 5.92 Å². The fraction of sp³-hybridized carbons (Fsp3) is 0.741. The molecule has 3 fully saturated rings. The van der Waals surface area contributed by atoms with E-state index in [4.69, 9.17) is 4.74 Å². The average molecular weight is 483 g/mol. The Kier molecular flexibility index (Phi) is 7.81. The van der Waals surface area contributed by atoms with Crippen molar-refractivity contribution in [1.29, 1.82) is 0 Å². The summed E-state index contributed by atoms with van der Waals surface area (Å²) in [5, 5.41) is 29.8. The zero-order valence-corrected chi connectivity index (χ0v) is 20.8.